The van der Waals surface area contributed by atoms with Gasteiger partial charge in [-0.3, -0.25) is 4.79 Å². The van der Waals surface area contributed by atoms with E-state index in [9.17, 15) is 4.79 Å². The fraction of sp³-hybridized carbons (Fsp3) is 0.588. The molecule has 4 heteroatoms. The van der Waals surface area contributed by atoms with E-state index in [1.807, 2.05) is 25.1 Å². The summed E-state index contributed by atoms with van der Waals surface area (Å²) in [5.41, 5.74) is 2.83. The molecule has 2 N–H and O–H groups in total. The monoisotopic (exact) mass is 290 g/mol. The third-order valence-corrected chi connectivity index (χ3v) is 4.08. The molecule has 1 fully saturated rings. The fourth-order valence-electron chi connectivity index (χ4n) is 2.65. The van der Waals surface area contributed by atoms with Crippen LogP contribution in [0.1, 0.15) is 42.6 Å². The Bertz CT molecular complexity index is 482. The van der Waals surface area contributed by atoms with Crippen LogP contribution in [-0.2, 0) is 4.74 Å². The van der Waals surface area contributed by atoms with Crippen molar-refractivity contribution in [2.24, 2.45) is 5.92 Å². The Morgan fingerprint density at radius 1 is 1.48 bits per heavy atom. The Hall–Kier alpha value is -1.55. The van der Waals surface area contributed by atoms with Crippen molar-refractivity contribution in [3.8, 4) is 0 Å². The second-order valence-electron chi connectivity index (χ2n) is 5.84. The molecule has 0 spiro atoms. The predicted molar refractivity (Wildman–Crippen MR) is 85.8 cm³/mol. The van der Waals surface area contributed by atoms with Crippen molar-refractivity contribution < 1.29 is 9.53 Å². The van der Waals surface area contributed by atoms with Crippen LogP contribution in [0.25, 0.3) is 0 Å². The first-order valence-electron chi connectivity index (χ1n) is 7.85. The zero-order valence-corrected chi connectivity index (χ0v) is 13.2. The molecule has 1 heterocycles. The van der Waals surface area contributed by atoms with Crippen LogP contribution in [0, 0.1) is 12.8 Å². The van der Waals surface area contributed by atoms with Gasteiger partial charge in [0.2, 0.25) is 0 Å². The molecule has 0 radical (unpaired) electrons. The van der Waals surface area contributed by atoms with E-state index in [4.69, 9.17) is 4.74 Å². The Morgan fingerprint density at radius 3 is 2.90 bits per heavy atom. The van der Waals surface area contributed by atoms with E-state index in [-0.39, 0.29) is 11.9 Å². The highest BCUT2D eigenvalue weighted by Crippen LogP contribution is 2.19. The quantitative estimate of drug-likeness (QED) is 0.847. The fourth-order valence-corrected chi connectivity index (χ4v) is 2.65. The van der Waals surface area contributed by atoms with Gasteiger partial charge in [-0.05, 0) is 50.5 Å². The molecule has 1 aromatic rings. The van der Waals surface area contributed by atoms with Crippen molar-refractivity contribution in [2.45, 2.75) is 39.7 Å². The number of ether oxygens (including phenoxy) is 1. The van der Waals surface area contributed by atoms with Crippen molar-refractivity contribution in [3.63, 3.8) is 0 Å². The lowest BCUT2D eigenvalue weighted by Gasteiger charge is -2.20. The van der Waals surface area contributed by atoms with Crippen molar-refractivity contribution in [1.29, 1.82) is 0 Å². The van der Waals surface area contributed by atoms with Crippen LogP contribution in [0.5, 0.6) is 0 Å². The standard InChI is InChI=1S/C17H26N2O2/c1-4-8-18-15-5-6-16(12(2)10-15)17(20)19-13(3)14-7-9-21-11-14/h5-6,10,13-14,18H,4,7-9,11H2,1-3H3,(H,19,20). The molecule has 2 atom stereocenters. The Labute approximate surface area is 127 Å². The number of hydrogen-bond donors (Lipinski definition) is 2. The first-order chi connectivity index (χ1) is 10.1. The van der Waals surface area contributed by atoms with Crippen molar-refractivity contribution in [2.75, 3.05) is 25.1 Å². The molecule has 1 saturated heterocycles. The molecule has 1 aromatic carbocycles. The molecular formula is C17H26N2O2. The highest BCUT2D eigenvalue weighted by molar-refractivity contribution is 5.96. The van der Waals surface area contributed by atoms with Crippen LogP contribution >= 0.6 is 0 Å². The van der Waals surface area contributed by atoms with Gasteiger partial charge in [0, 0.05) is 36.4 Å². The SMILES string of the molecule is CCCNc1ccc(C(=O)NC(C)C2CCOC2)c(C)c1. The summed E-state index contributed by atoms with van der Waals surface area (Å²) in [6, 6.07) is 6.06. The summed E-state index contributed by atoms with van der Waals surface area (Å²) < 4.78 is 5.38. The maximum absolute atomic E-state index is 12.4. The normalized spacial score (nSPS) is 19.3. The zero-order valence-electron chi connectivity index (χ0n) is 13.2. The number of carbonyl (C=O) groups is 1. The molecule has 0 saturated carbocycles. The van der Waals surface area contributed by atoms with E-state index in [2.05, 4.69) is 24.5 Å². The van der Waals surface area contributed by atoms with Gasteiger partial charge in [-0.2, -0.15) is 0 Å². The van der Waals surface area contributed by atoms with Crippen molar-refractivity contribution in [1.82, 2.24) is 5.32 Å². The number of anilines is 1. The summed E-state index contributed by atoms with van der Waals surface area (Å²) >= 11 is 0. The average molecular weight is 290 g/mol. The lowest BCUT2D eigenvalue weighted by Crippen LogP contribution is -2.38. The minimum Gasteiger partial charge on any atom is -0.385 e. The summed E-state index contributed by atoms with van der Waals surface area (Å²) in [7, 11) is 0. The second-order valence-corrected chi connectivity index (χ2v) is 5.84. The van der Waals surface area contributed by atoms with Gasteiger partial charge in [-0.15, -0.1) is 0 Å². The molecule has 1 aliphatic rings. The number of aryl methyl sites for hydroxylation is 1. The average Bonchev–Trinajstić information content (AvgIpc) is 2.99. The van der Waals surface area contributed by atoms with Gasteiger partial charge in [0.15, 0.2) is 0 Å². The van der Waals surface area contributed by atoms with E-state index in [1.54, 1.807) is 0 Å². The Balaban J connectivity index is 1.98. The highest BCUT2D eigenvalue weighted by atomic mass is 16.5. The van der Waals surface area contributed by atoms with Crippen LogP contribution in [0.3, 0.4) is 0 Å². The lowest BCUT2D eigenvalue weighted by atomic mass is 9.99. The number of benzene rings is 1. The number of amides is 1. The molecule has 21 heavy (non-hydrogen) atoms. The van der Waals surface area contributed by atoms with E-state index in [0.717, 1.165) is 49.4 Å². The molecule has 0 bridgehead atoms. The maximum Gasteiger partial charge on any atom is 0.251 e. The van der Waals surface area contributed by atoms with E-state index in [0.29, 0.717) is 5.92 Å². The minimum atomic E-state index is 0.00828. The molecule has 0 aromatic heterocycles. The summed E-state index contributed by atoms with van der Waals surface area (Å²) in [4.78, 5) is 12.4. The molecule has 0 aliphatic carbocycles. The number of carbonyl (C=O) groups excluding carboxylic acids is 1. The molecule has 4 nitrogen and oxygen atoms in total. The van der Waals surface area contributed by atoms with Gasteiger partial charge >= 0.3 is 0 Å². The van der Waals surface area contributed by atoms with Gasteiger partial charge in [0.25, 0.3) is 5.91 Å². The van der Waals surface area contributed by atoms with E-state index < -0.39 is 0 Å². The Morgan fingerprint density at radius 2 is 2.29 bits per heavy atom. The smallest absolute Gasteiger partial charge is 0.251 e. The van der Waals surface area contributed by atoms with Gasteiger partial charge in [-0.25, -0.2) is 0 Å². The summed E-state index contributed by atoms with van der Waals surface area (Å²) in [6.07, 6.45) is 2.11. The molecular weight excluding hydrogens is 264 g/mol. The van der Waals surface area contributed by atoms with Gasteiger partial charge in [0.05, 0.1) is 6.61 Å². The molecule has 2 rings (SSSR count). The predicted octanol–water partition coefficient (Wildman–Crippen LogP) is 2.97. The first-order valence-corrected chi connectivity index (χ1v) is 7.85. The topological polar surface area (TPSA) is 50.4 Å². The van der Waals surface area contributed by atoms with Crippen LogP contribution in [0.4, 0.5) is 5.69 Å². The molecule has 2 unspecified atom stereocenters. The number of rotatable bonds is 6. The summed E-state index contributed by atoms with van der Waals surface area (Å²) in [5, 5.41) is 6.44. The minimum absolute atomic E-state index is 0.00828. The zero-order chi connectivity index (χ0) is 15.2. The van der Waals surface area contributed by atoms with E-state index >= 15 is 0 Å². The maximum atomic E-state index is 12.4. The number of hydrogen-bond acceptors (Lipinski definition) is 3. The van der Waals surface area contributed by atoms with Crippen LogP contribution < -0.4 is 10.6 Å². The molecule has 1 aliphatic heterocycles. The highest BCUT2D eigenvalue weighted by Gasteiger charge is 2.24. The molecule has 116 valence electrons. The summed E-state index contributed by atoms with van der Waals surface area (Å²) in [6.45, 7) is 8.68. The molecule has 1 amide bonds. The first kappa shape index (κ1) is 15.8. The second kappa shape index (κ2) is 7.46. The van der Waals surface area contributed by atoms with Crippen molar-refractivity contribution in [3.05, 3.63) is 29.3 Å². The van der Waals surface area contributed by atoms with Crippen LogP contribution in [-0.4, -0.2) is 31.7 Å². The number of nitrogens with one attached hydrogen (secondary N) is 2. The van der Waals surface area contributed by atoms with Gasteiger partial charge < -0.3 is 15.4 Å². The van der Waals surface area contributed by atoms with Gasteiger partial charge in [0.1, 0.15) is 0 Å². The van der Waals surface area contributed by atoms with Gasteiger partial charge in [-0.1, -0.05) is 6.92 Å². The van der Waals surface area contributed by atoms with Crippen molar-refractivity contribution >= 4 is 11.6 Å². The summed E-state index contributed by atoms with van der Waals surface area (Å²) in [5.74, 6) is 0.439. The lowest BCUT2D eigenvalue weighted by molar-refractivity contribution is 0.0921. The van der Waals surface area contributed by atoms with Crippen LogP contribution in [0.2, 0.25) is 0 Å². The van der Waals surface area contributed by atoms with E-state index in [1.165, 1.54) is 0 Å². The third-order valence-electron chi connectivity index (χ3n) is 4.08. The Kier molecular flexibility index (Phi) is 5.62. The van der Waals surface area contributed by atoms with Crippen LogP contribution in [0.15, 0.2) is 18.2 Å². The largest absolute Gasteiger partial charge is 0.385 e. The third kappa shape index (κ3) is 4.21.